The number of benzene rings is 1. The van der Waals surface area contributed by atoms with Gasteiger partial charge >= 0.3 is 0 Å². The fourth-order valence-corrected chi connectivity index (χ4v) is 2.53. The molecule has 0 amide bonds. The lowest BCUT2D eigenvalue weighted by Gasteiger charge is -2.18. The van der Waals surface area contributed by atoms with Crippen molar-refractivity contribution in [1.82, 2.24) is 9.55 Å². The van der Waals surface area contributed by atoms with Gasteiger partial charge in [-0.3, -0.25) is 0 Å². The molecule has 2 aromatic rings. The summed E-state index contributed by atoms with van der Waals surface area (Å²) in [4.78, 5) is 4.76. The van der Waals surface area contributed by atoms with Crippen LogP contribution in [0.15, 0.2) is 30.5 Å². The molecule has 94 valence electrons. The zero-order chi connectivity index (χ0) is 12.5. The lowest BCUT2D eigenvalue weighted by Crippen LogP contribution is -2.16. The van der Waals surface area contributed by atoms with Gasteiger partial charge in [-0.25, -0.2) is 4.98 Å². The molecule has 1 aromatic heterocycles. The molecule has 0 saturated carbocycles. The zero-order valence-electron chi connectivity index (χ0n) is 10.8. The summed E-state index contributed by atoms with van der Waals surface area (Å²) in [5.41, 5.74) is 9.04. The predicted octanol–water partition coefficient (Wildman–Crippen LogP) is 2.59. The first-order valence-electron chi connectivity index (χ1n) is 6.61. The van der Waals surface area contributed by atoms with Crippen LogP contribution in [-0.4, -0.2) is 9.55 Å². The summed E-state index contributed by atoms with van der Waals surface area (Å²) in [5.74, 6) is 1.99. The third-order valence-electron chi connectivity index (χ3n) is 3.74. The second-order valence-electron chi connectivity index (χ2n) is 5.23. The monoisotopic (exact) mass is 241 g/mol. The van der Waals surface area contributed by atoms with Crippen LogP contribution in [0.2, 0.25) is 0 Å². The highest BCUT2D eigenvalue weighted by Crippen LogP contribution is 2.25. The molecule has 0 saturated heterocycles. The molecule has 1 aliphatic heterocycles. The quantitative estimate of drug-likeness (QED) is 0.878. The molecule has 1 aromatic carbocycles. The van der Waals surface area contributed by atoms with E-state index in [2.05, 4.69) is 42.0 Å². The van der Waals surface area contributed by atoms with E-state index in [-0.39, 0.29) is 0 Å². The Kier molecular flexibility index (Phi) is 2.92. The highest BCUT2D eigenvalue weighted by molar-refractivity contribution is 5.59. The Balaban J connectivity index is 1.92. The molecule has 0 bridgehead atoms. The van der Waals surface area contributed by atoms with Crippen LogP contribution in [0.3, 0.4) is 0 Å². The van der Waals surface area contributed by atoms with Crippen molar-refractivity contribution < 1.29 is 0 Å². The van der Waals surface area contributed by atoms with E-state index >= 15 is 0 Å². The van der Waals surface area contributed by atoms with E-state index in [1.54, 1.807) is 0 Å². The second kappa shape index (κ2) is 4.58. The fraction of sp³-hybridized carbons (Fsp3) is 0.400. The molecule has 0 fully saturated rings. The van der Waals surface area contributed by atoms with E-state index in [1.807, 2.05) is 0 Å². The van der Waals surface area contributed by atoms with Crippen molar-refractivity contribution >= 4 is 0 Å². The number of aromatic nitrogens is 2. The Morgan fingerprint density at radius 2 is 2.11 bits per heavy atom. The van der Waals surface area contributed by atoms with Gasteiger partial charge in [-0.15, -0.1) is 0 Å². The molecule has 0 spiro atoms. The van der Waals surface area contributed by atoms with Gasteiger partial charge in [0.05, 0.1) is 5.69 Å². The van der Waals surface area contributed by atoms with Crippen LogP contribution < -0.4 is 5.73 Å². The van der Waals surface area contributed by atoms with E-state index in [9.17, 15) is 0 Å². The summed E-state index contributed by atoms with van der Waals surface area (Å²) in [6.45, 7) is 4.00. The number of hydrogen-bond donors (Lipinski definition) is 1. The molecule has 0 radical (unpaired) electrons. The molecule has 1 unspecified atom stereocenters. The molecule has 2 heterocycles. The number of hydrogen-bond acceptors (Lipinski definition) is 2. The maximum absolute atomic E-state index is 5.61. The molecule has 1 aliphatic rings. The highest BCUT2D eigenvalue weighted by atomic mass is 15.1. The molecule has 3 nitrogen and oxygen atoms in total. The average molecular weight is 241 g/mol. The van der Waals surface area contributed by atoms with Gasteiger partial charge in [0.1, 0.15) is 5.82 Å². The molecular formula is C15H19N3. The van der Waals surface area contributed by atoms with Gasteiger partial charge in [0, 0.05) is 31.3 Å². The van der Waals surface area contributed by atoms with Crippen molar-refractivity contribution in [3.63, 3.8) is 0 Å². The van der Waals surface area contributed by atoms with Gasteiger partial charge in [-0.1, -0.05) is 31.2 Å². The van der Waals surface area contributed by atoms with Gasteiger partial charge in [-0.05, 0) is 17.9 Å². The summed E-state index contributed by atoms with van der Waals surface area (Å²) in [7, 11) is 0. The topological polar surface area (TPSA) is 43.8 Å². The Labute approximate surface area is 108 Å². The number of imidazole rings is 1. The van der Waals surface area contributed by atoms with Crippen molar-refractivity contribution in [3.8, 4) is 11.3 Å². The van der Waals surface area contributed by atoms with Crippen LogP contribution >= 0.6 is 0 Å². The SMILES string of the molecule is CC1CCn2cc(-c3ccc(CN)cc3)nc2C1. The van der Waals surface area contributed by atoms with E-state index in [1.165, 1.54) is 17.8 Å². The summed E-state index contributed by atoms with van der Waals surface area (Å²) < 4.78 is 2.30. The van der Waals surface area contributed by atoms with Gasteiger partial charge in [0.2, 0.25) is 0 Å². The predicted molar refractivity (Wildman–Crippen MR) is 73.0 cm³/mol. The van der Waals surface area contributed by atoms with Crippen LogP contribution in [0.25, 0.3) is 11.3 Å². The Bertz CT molecular complexity index is 539. The van der Waals surface area contributed by atoms with E-state index < -0.39 is 0 Å². The molecule has 18 heavy (non-hydrogen) atoms. The van der Waals surface area contributed by atoms with Crippen LogP contribution in [0, 0.1) is 5.92 Å². The average Bonchev–Trinajstić information content (AvgIpc) is 2.81. The van der Waals surface area contributed by atoms with Gasteiger partial charge in [-0.2, -0.15) is 0 Å². The third-order valence-corrected chi connectivity index (χ3v) is 3.74. The number of nitrogens with two attached hydrogens (primary N) is 1. The minimum absolute atomic E-state index is 0.595. The van der Waals surface area contributed by atoms with E-state index in [4.69, 9.17) is 10.7 Å². The summed E-state index contributed by atoms with van der Waals surface area (Å²) in [5, 5.41) is 0. The van der Waals surface area contributed by atoms with Gasteiger partial charge in [0.25, 0.3) is 0 Å². The first kappa shape index (κ1) is 11.5. The van der Waals surface area contributed by atoms with Gasteiger partial charge in [0.15, 0.2) is 0 Å². The van der Waals surface area contributed by atoms with E-state index in [0.717, 1.165) is 30.1 Å². The Hall–Kier alpha value is -1.61. The number of rotatable bonds is 2. The molecule has 0 aliphatic carbocycles. The first-order chi connectivity index (χ1) is 8.76. The summed E-state index contributed by atoms with van der Waals surface area (Å²) >= 11 is 0. The largest absolute Gasteiger partial charge is 0.334 e. The highest BCUT2D eigenvalue weighted by Gasteiger charge is 2.17. The van der Waals surface area contributed by atoms with Crippen LogP contribution in [0.5, 0.6) is 0 Å². The van der Waals surface area contributed by atoms with Crippen molar-refractivity contribution in [3.05, 3.63) is 41.9 Å². The van der Waals surface area contributed by atoms with Crippen LogP contribution in [0.1, 0.15) is 24.7 Å². The summed E-state index contributed by atoms with van der Waals surface area (Å²) in [6.07, 6.45) is 4.54. The fourth-order valence-electron chi connectivity index (χ4n) is 2.53. The maximum Gasteiger partial charge on any atom is 0.109 e. The van der Waals surface area contributed by atoms with Crippen molar-refractivity contribution in [2.75, 3.05) is 0 Å². The number of nitrogens with zero attached hydrogens (tertiary/aromatic N) is 2. The zero-order valence-corrected chi connectivity index (χ0v) is 10.8. The minimum Gasteiger partial charge on any atom is -0.334 e. The smallest absolute Gasteiger partial charge is 0.109 e. The van der Waals surface area contributed by atoms with Crippen molar-refractivity contribution in [1.29, 1.82) is 0 Å². The number of fused-ring (bicyclic) bond motifs is 1. The van der Waals surface area contributed by atoms with E-state index in [0.29, 0.717) is 6.54 Å². The van der Waals surface area contributed by atoms with Crippen LogP contribution in [-0.2, 0) is 19.5 Å². The second-order valence-corrected chi connectivity index (χ2v) is 5.23. The van der Waals surface area contributed by atoms with Gasteiger partial charge < -0.3 is 10.3 Å². The maximum atomic E-state index is 5.61. The molecular weight excluding hydrogens is 222 g/mol. The van der Waals surface area contributed by atoms with Crippen LogP contribution in [0.4, 0.5) is 0 Å². The molecule has 3 heteroatoms. The van der Waals surface area contributed by atoms with Crippen molar-refractivity contribution in [2.45, 2.75) is 32.9 Å². The molecule has 1 atom stereocenters. The third kappa shape index (κ3) is 2.06. The Morgan fingerprint density at radius 1 is 1.33 bits per heavy atom. The lowest BCUT2D eigenvalue weighted by molar-refractivity contribution is 0.409. The molecule has 2 N–H and O–H groups in total. The first-order valence-corrected chi connectivity index (χ1v) is 6.61. The Morgan fingerprint density at radius 3 is 2.83 bits per heavy atom. The lowest BCUT2D eigenvalue weighted by atomic mass is 10.0. The summed E-state index contributed by atoms with van der Waals surface area (Å²) in [6, 6.07) is 8.38. The van der Waals surface area contributed by atoms with Crippen molar-refractivity contribution in [2.24, 2.45) is 11.7 Å². The molecule has 3 rings (SSSR count). The standard InChI is InChI=1S/C15H19N3/c1-11-6-7-18-10-14(17-15(18)8-11)13-4-2-12(9-16)3-5-13/h2-5,10-11H,6-9,16H2,1H3. The number of aryl methyl sites for hydroxylation is 1. The normalized spacial score (nSPS) is 18.7. The minimum atomic E-state index is 0.595.